The molecular formula is C12H13ClFN3O2. The van der Waals surface area contributed by atoms with Crippen LogP contribution in [0.15, 0.2) is 22.7 Å². The normalized spacial score (nSPS) is 12.6. The second-order valence-electron chi connectivity index (χ2n) is 4.05. The molecule has 0 unspecified atom stereocenters. The van der Waals surface area contributed by atoms with Crippen LogP contribution in [-0.2, 0) is 6.42 Å². The third-order valence-corrected chi connectivity index (χ3v) is 2.92. The first-order valence-electron chi connectivity index (χ1n) is 5.74. The minimum absolute atomic E-state index is 0.124. The van der Waals surface area contributed by atoms with Crippen LogP contribution in [0.1, 0.15) is 29.8 Å². The van der Waals surface area contributed by atoms with Gasteiger partial charge in [0.1, 0.15) is 11.9 Å². The Morgan fingerprint density at radius 1 is 1.47 bits per heavy atom. The van der Waals surface area contributed by atoms with Crippen molar-refractivity contribution >= 4 is 11.6 Å². The van der Waals surface area contributed by atoms with Gasteiger partial charge in [-0.15, -0.1) is 0 Å². The van der Waals surface area contributed by atoms with Gasteiger partial charge in [0, 0.05) is 11.4 Å². The van der Waals surface area contributed by atoms with E-state index >= 15 is 0 Å². The highest BCUT2D eigenvalue weighted by Gasteiger charge is 2.16. The summed E-state index contributed by atoms with van der Waals surface area (Å²) >= 11 is 5.91. The molecule has 1 atom stereocenters. The number of nitrogens with two attached hydrogens (primary N) is 1. The van der Waals surface area contributed by atoms with Crippen LogP contribution in [0, 0.1) is 5.82 Å². The molecule has 7 heteroatoms. The van der Waals surface area contributed by atoms with Crippen molar-refractivity contribution in [3.05, 3.63) is 46.3 Å². The van der Waals surface area contributed by atoms with Crippen molar-refractivity contribution in [1.29, 1.82) is 0 Å². The Hall–Kier alpha value is -1.50. The molecule has 0 aliphatic carbocycles. The maximum Gasteiger partial charge on any atom is 0.255 e. The van der Waals surface area contributed by atoms with Gasteiger partial charge in [0.05, 0.1) is 0 Å². The molecule has 5 nitrogen and oxygen atoms in total. The van der Waals surface area contributed by atoms with Crippen molar-refractivity contribution in [2.75, 3.05) is 6.54 Å². The summed E-state index contributed by atoms with van der Waals surface area (Å²) in [6, 6.07) is 4.09. The molecule has 0 aliphatic heterocycles. The van der Waals surface area contributed by atoms with E-state index in [0.29, 0.717) is 35.8 Å². The molecule has 102 valence electrons. The molecule has 2 aromatic rings. The maximum atomic E-state index is 12.9. The number of hydrogen-bond acceptors (Lipinski definition) is 5. The molecular weight excluding hydrogens is 273 g/mol. The van der Waals surface area contributed by atoms with Gasteiger partial charge in [-0.05, 0) is 30.7 Å². The van der Waals surface area contributed by atoms with E-state index in [0.717, 1.165) is 0 Å². The van der Waals surface area contributed by atoms with Crippen molar-refractivity contribution < 1.29 is 14.0 Å². The lowest BCUT2D eigenvalue weighted by molar-refractivity contribution is 0.127. The lowest BCUT2D eigenvalue weighted by Crippen LogP contribution is -2.07. The fraction of sp³-hybridized carbons (Fsp3) is 0.333. The van der Waals surface area contributed by atoms with Gasteiger partial charge in [-0.25, -0.2) is 4.39 Å². The molecule has 0 saturated carbocycles. The Kier molecular flexibility index (Phi) is 4.47. The molecule has 0 radical (unpaired) electrons. The average Bonchev–Trinajstić information content (AvgIpc) is 2.82. The predicted molar refractivity (Wildman–Crippen MR) is 67.1 cm³/mol. The Morgan fingerprint density at radius 3 is 2.95 bits per heavy atom. The highest BCUT2D eigenvalue weighted by Crippen LogP contribution is 2.20. The van der Waals surface area contributed by atoms with Crippen LogP contribution in [-0.4, -0.2) is 21.8 Å². The van der Waals surface area contributed by atoms with E-state index in [1.54, 1.807) is 6.07 Å². The summed E-state index contributed by atoms with van der Waals surface area (Å²) in [6.07, 6.45) is -0.216. The van der Waals surface area contributed by atoms with Gasteiger partial charge in [-0.1, -0.05) is 22.8 Å². The molecule has 0 fully saturated rings. The van der Waals surface area contributed by atoms with E-state index in [1.165, 1.54) is 12.1 Å². The summed E-state index contributed by atoms with van der Waals surface area (Å²) in [4.78, 5) is 4.05. The van der Waals surface area contributed by atoms with Crippen LogP contribution in [0.25, 0.3) is 0 Å². The largest absolute Gasteiger partial charge is 0.383 e. The van der Waals surface area contributed by atoms with Crippen LogP contribution in [0.2, 0.25) is 5.02 Å². The standard InChI is InChI=1S/C12H13ClFN3O2/c13-9-6-8(14)2-1-7(9)5-11-16-12(19-17-11)10(18)3-4-15/h1-2,6,10,18H,3-5,15H2/t10-/m0/s1. The number of hydrogen-bond donors (Lipinski definition) is 2. The summed E-state index contributed by atoms with van der Waals surface area (Å²) in [5.41, 5.74) is 6.01. The van der Waals surface area contributed by atoms with E-state index in [-0.39, 0.29) is 5.89 Å². The first kappa shape index (κ1) is 13.9. The van der Waals surface area contributed by atoms with Gasteiger partial charge in [0.2, 0.25) is 0 Å². The first-order chi connectivity index (χ1) is 9.10. The van der Waals surface area contributed by atoms with Crippen molar-refractivity contribution in [2.45, 2.75) is 18.9 Å². The molecule has 2 rings (SSSR count). The number of benzene rings is 1. The zero-order valence-electron chi connectivity index (χ0n) is 10.0. The van der Waals surface area contributed by atoms with Crippen LogP contribution in [0.5, 0.6) is 0 Å². The van der Waals surface area contributed by atoms with Crippen molar-refractivity contribution in [2.24, 2.45) is 5.73 Å². The fourth-order valence-electron chi connectivity index (χ4n) is 1.59. The molecule has 19 heavy (non-hydrogen) atoms. The van der Waals surface area contributed by atoms with Crippen LogP contribution in [0.3, 0.4) is 0 Å². The lowest BCUT2D eigenvalue weighted by atomic mass is 10.1. The van der Waals surface area contributed by atoms with Crippen LogP contribution in [0.4, 0.5) is 4.39 Å². The van der Waals surface area contributed by atoms with E-state index in [1.807, 2.05) is 0 Å². The van der Waals surface area contributed by atoms with Crippen molar-refractivity contribution in [3.63, 3.8) is 0 Å². The minimum Gasteiger partial charge on any atom is -0.383 e. The Labute approximate surface area is 114 Å². The van der Waals surface area contributed by atoms with Gasteiger partial charge in [0.15, 0.2) is 5.82 Å². The molecule has 0 aliphatic rings. The quantitative estimate of drug-likeness (QED) is 0.875. The van der Waals surface area contributed by atoms with Gasteiger partial charge in [0.25, 0.3) is 5.89 Å². The second-order valence-corrected chi connectivity index (χ2v) is 4.46. The average molecular weight is 286 g/mol. The highest BCUT2D eigenvalue weighted by atomic mass is 35.5. The number of halogens is 2. The molecule has 1 aromatic carbocycles. The Balaban J connectivity index is 2.11. The van der Waals surface area contributed by atoms with E-state index in [4.69, 9.17) is 21.9 Å². The van der Waals surface area contributed by atoms with E-state index in [2.05, 4.69) is 10.1 Å². The Bertz CT molecular complexity index is 562. The number of rotatable bonds is 5. The van der Waals surface area contributed by atoms with Crippen LogP contribution < -0.4 is 5.73 Å². The van der Waals surface area contributed by atoms with Crippen molar-refractivity contribution in [3.8, 4) is 0 Å². The predicted octanol–water partition coefficient (Wildman–Crippen LogP) is 1.84. The monoisotopic (exact) mass is 285 g/mol. The molecule has 0 spiro atoms. The van der Waals surface area contributed by atoms with Gasteiger partial charge in [-0.2, -0.15) is 4.98 Å². The van der Waals surface area contributed by atoms with Gasteiger partial charge >= 0.3 is 0 Å². The summed E-state index contributed by atoms with van der Waals surface area (Å²) in [6.45, 7) is 0.322. The zero-order valence-corrected chi connectivity index (χ0v) is 10.8. The lowest BCUT2D eigenvalue weighted by Gasteiger charge is -2.01. The fourth-order valence-corrected chi connectivity index (χ4v) is 1.83. The number of nitrogens with zero attached hydrogens (tertiary/aromatic N) is 2. The smallest absolute Gasteiger partial charge is 0.255 e. The Morgan fingerprint density at radius 2 is 2.26 bits per heavy atom. The summed E-state index contributed by atoms with van der Waals surface area (Å²) in [5.74, 6) is 0.0965. The van der Waals surface area contributed by atoms with E-state index in [9.17, 15) is 9.50 Å². The van der Waals surface area contributed by atoms with E-state index < -0.39 is 11.9 Å². The number of aromatic nitrogens is 2. The second kappa shape index (κ2) is 6.10. The molecule has 0 amide bonds. The van der Waals surface area contributed by atoms with Gasteiger partial charge in [-0.3, -0.25) is 0 Å². The molecule has 0 bridgehead atoms. The third kappa shape index (κ3) is 3.50. The number of aliphatic hydroxyl groups is 1. The van der Waals surface area contributed by atoms with Gasteiger partial charge < -0.3 is 15.4 Å². The summed E-state index contributed by atoms with van der Waals surface area (Å²) in [5, 5.41) is 13.7. The van der Waals surface area contributed by atoms with Crippen molar-refractivity contribution in [1.82, 2.24) is 10.1 Å². The topological polar surface area (TPSA) is 85.2 Å². The SMILES string of the molecule is NCC[C@H](O)c1nc(Cc2ccc(F)cc2Cl)no1. The molecule has 0 saturated heterocycles. The molecule has 1 heterocycles. The summed E-state index contributed by atoms with van der Waals surface area (Å²) in [7, 11) is 0. The molecule has 1 aromatic heterocycles. The first-order valence-corrected chi connectivity index (χ1v) is 6.12. The maximum absolute atomic E-state index is 12.9. The highest BCUT2D eigenvalue weighted by molar-refractivity contribution is 6.31. The summed E-state index contributed by atoms with van der Waals surface area (Å²) < 4.78 is 17.8. The zero-order chi connectivity index (χ0) is 13.8. The minimum atomic E-state index is -0.866. The molecule has 3 N–H and O–H groups in total. The van der Waals surface area contributed by atoms with Crippen LogP contribution >= 0.6 is 11.6 Å². The third-order valence-electron chi connectivity index (χ3n) is 2.57. The number of aliphatic hydroxyl groups excluding tert-OH is 1.